The Balaban J connectivity index is 1.60. The minimum Gasteiger partial charge on any atom is -0.379 e. The Labute approximate surface area is 138 Å². The largest absolute Gasteiger partial charge is 0.379 e. The van der Waals surface area contributed by atoms with E-state index in [1.807, 2.05) is 24.0 Å². The summed E-state index contributed by atoms with van der Waals surface area (Å²) in [5.41, 5.74) is 1.10. The average Bonchev–Trinajstić information content (AvgIpc) is 2.96. The number of nitrogens with one attached hydrogen (secondary N) is 2. The van der Waals surface area contributed by atoms with Gasteiger partial charge in [0.05, 0.1) is 32.5 Å². The Morgan fingerprint density at radius 3 is 2.78 bits per heavy atom. The van der Waals surface area contributed by atoms with Gasteiger partial charge in [-0.1, -0.05) is 0 Å². The quantitative estimate of drug-likeness (QED) is 0.660. The standard InChI is InChI=1S/C16H29N5O2/c1-14-10-19-21(12-14)5-4-17-11-15(22)18-13-16(2,3)20-6-8-23-9-7-20/h10,12,17H,4-9,11,13H2,1-3H3,(H,18,22). The van der Waals surface area contributed by atoms with E-state index in [0.717, 1.165) is 45.0 Å². The van der Waals surface area contributed by atoms with Crippen LogP contribution in [-0.4, -0.2) is 72.1 Å². The molecule has 0 unspecified atom stereocenters. The van der Waals surface area contributed by atoms with Gasteiger partial charge in [-0.25, -0.2) is 0 Å². The fourth-order valence-electron chi connectivity index (χ4n) is 2.64. The van der Waals surface area contributed by atoms with Crippen LogP contribution in [0.3, 0.4) is 0 Å². The lowest BCUT2D eigenvalue weighted by atomic mass is 10.0. The summed E-state index contributed by atoms with van der Waals surface area (Å²) in [5, 5.41) is 10.4. The zero-order valence-electron chi connectivity index (χ0n) is 14.5. The van der Waals surface area contributed by atoms with Crippen LogP contribution in [0.1, 0.15) is 19.4 Å². The number of ether oxygens (including phenoxy) is 1. The SMILES string of the molecule is Cc1cnn(CCNCC(=O)NCC(C)(C)N2CCOCC2)c1. The number of rotatable bonds is 8. The van der Waals surface area contributed by atoms with Gasteiger partial charge in [0.1, 0.15) is 0 Å². The van der Waals surface area contributed by atoms with Crippen molar-refractivity contribution in [2.75, 3.05) is 45.9 Å². The highest BCUT2D eigenvalue weighted by atomic mass is 16.5. The highest BCUT2D eigenvalue weighted by molar-refractivity contribution is 5.78. The summed E-state index contributed by atoms with van der Waals surface area (Å²) in [4.78, 5) is 14.3. The molecule has 0 saturated carbocycles. The van der Waals surface area contributed by atoms with Crippen LogP contribution < -0.4 is 10.6 Å². The highest BCUT2D eigenvalue weighted by Gasteiger charge is 2.28. The minimum absolute atomic E-state index is 0.0305. The third kappa shape index (κ3) is 5.93. The second-order valence-corrected chi connectivity index (χ2v) is 6.65. The van der Waals surface area contributed by atoms with Gasteiger partial charge in [-0.05, 0) is 26.3 Å². The Morgan fingerprint density at radius 1 is 1.39 bits per heavy atom. The van der Waals surface area contributed by atoms with Crippen LogP contribution in [0.5, 0.6) is 0 Å². The number of carbonyl (C=O) groups is 1. The first-order valence-electron chi connectivity index (χ1n) is 8.27. The topological polar surface area (TPSA) is 71.4 Å². The number of hydrogen-bond acceptors (Lipinski definition) is 5. The van der Waals surface area contributed by atoms with Crippen LogP contribution in [0.2, 0.25) is 0 Å². The molecule has 1 aromatic rings. The summed E-state index contributed by atoms with van der Waals surface area (Å²) in [7, 11) is 0. The molecule has 1 saturated heterocycles. The third-order valence-electron chi connectivity index (χ3n) is 4.15. The molecule has 0 aromatic carbocycles. The Kier molecular flexibility index (Phi) is 6.56. The van der Waals surface area contributed by atoms with Gasteiger partial charge in [-0.3, -0.25) is 14.4 Å². The van der Waals surface area contributed by atoms with Crippen molar-refractivity contribution in [2.24, 2.45) is 0 Å². The van der Waals surface area contributed by atoms with Crippen molar-refractivity contribution in [1.29, 1.82) is 0 Å². The molecular weight excluding hydrogens is 294 g/mol. The van der Waals surface area contributed by atoms with Crippen LogP contribution >= 0.6 is 0 Å². The monoisotopic (exact) mass is 323 g/mol. The van der Waals surface area contributed by atoms with E-state index < -0.39 is 0 Å². The molecule has 1 aromatic heterocycles. The van der Waals surface area contributed by atoms with Gasteiger partial charge in [0, 0.05) is 37.9 Å². The van der Waals surface area contributed by atoms with Crippen LogP contribution in [0, 0.1) is 6.92 Å². The molecule has 0 aliphatic carbocycles. The Hall–Kier alpha value is -1.44. The zero-order valence-corrected chi connectivity index (χ0v) is 14.5. The second kappa shape index (κ2) is 8.42. The van der Waals surface area contributed by atoms with Gasteiger partial charge in [0.2, 0.25) is 5.91 Å². The van der Waals surface area contributed by atoms with E-state index in [1.165, 1.54) is 0 Å². The molecule has 130 valence electrons. The van der Waals surface area contributed by atoms with Crippen molar-refractivity contribution in [3.8, 4) is 0 Å². The number of morpholine rings is 1. The number of aromatic nitrogens is 2. The van der Waals surface area contributed by atoms with Gasteiger partial charge in [-0.2, -0.15) is 5.10 Å². The van der Waals surface area contributed by atoms with E-state index in [-0.39, 0.29) is 11.4 Å². The number of hydrogen-bond donors (Lipinski definition) is 2. The molecule has 1 aliphatic rings. The van der Waals surface area contributed by atoms with Gasteiger partial charge in [0.15, 0.2) is 0 Å². The summed E-state index contributed by atoms with van der Waals surface area (Å²) in [6.07, 6.45) is 3.83. The third-order valence-corrected chi connectivity index (χ3v) is 4.15. The van der Waals surface area contributed by atoms with E-state index >= 15 is 0 Å². The van der Waals surface area contributed by atoms with Crippen molar-refractivity contribution in [3.05, 3.63) is 18.0 Å². The van der Waals surface area contributed by atoms with Crippen molar-refractivity contribution < 1.29 is 9.53 Å². The summed E-state index contributed by atoms with van der Waals surface area (Å²) in [5.74, 6) is 0.0305. The van der Waals surface area contributed by atoms with E-state index in [1.54, 1.807) is 0 Å². The molecule has 0 spiro atoms. The maximum Gasteiger partial charge on any atom is 0.234 e. The van der Waals surface area contributed by atoms with E-state index in [2.05, 4.69) is 34.5 Å². The van der Waals surface area contributed by atoms with E-state index in [9.17, 15) is 4.79 Å². The molecule has 2 rings (SSSR count). The summed E-state index contributed by atoms with van der Waals surface area (Å²) >= 11 is 0. The number of nitrogens with zero attached hydrogens (tertiary/aromatic N) is 3. The van der Waals surface area contributed by atoms with Crippen LogP contribution in [-0.2, 0) is 16.1 Å². The number of aryl methyl sites for hydroxylation is 1. The maximum atomic E-state index is 11.9. The highest BCUT2D eigenvalue weighted by Crippen LogP contribution is 2.14. The molecule has 1 fully saturated rings. The summed E-state index contributed by atoms with van der Waals surface area (Å²) in [6.45, 7) is 12.2. The predicted octanol–water partition coefficient (Wildman–Crippen LogP) is 0.00812. The second-order valence-electron chi connectivity index (χ2n) is 6.65. The van der Waals surface area contributed by atoms with Crippen molar-refractivity contribution in [3.63, 3.8) is 0 Å². The van der Waals surface area contributed by atoms with Crippen molar-refractivity contribution in [1.82, 2.24) is 25.3 Å². The van der Waals surface area contributed by atoms with E-state index in [4.69, 9.17) is 4.74 Å². The van der Waals surface area contributed by atoms with Gasteiger partial charge in [-0.15, -0.1) is 0 Å². The fraction of sp³-hybridized carbons (Fsp3) is 0.750. The molecule has 7 nitrogen and oxygen atoms in total. The molecule has 7 heteroatoms. The van der Waals surface area contributed by atoms with Gasteiger partial charge in [0.25, 0.3) is 0 Å². The normalized spacial score (nSPS) is 16.5. The Morgan fingerprint density at radius 2 is 2.13 bits per heavy atom. The molecule has 2 N–H and O–H groups in total. The molecule has 0 bridgehead atoms. The smallest absolute Gasteiger partial charge is 0.234 e. The zero-order chi connectivity index (χ0) is 16.7. The van der Waals surface area contributed by atoms with E-state index in [0.29, 0.717) is 13.1 Å². The van der Waals surface area contributed by atoms with Crippen molar-refractivity contribution in [2.45, 2.75) is 32.9 Å². The minimum atomic E-state index is -0.0496. The lowest BCUT2D eigenvalue weighted by molar-refractivity contribution is -0.121. The molecule has 0 atom stereocenters. The van der Waals surface area contributed by atoms with Gasteiger partial charge >= 0.3 is 0 Å². The average molecular weight is 323 g/mol. The maximum absolute atomic E-state index is 11.9. The Bertz CT molecular complexity index is 494. The van der Waals surface area contributed by atoms with Crippen molar-refractivity contribution >= 4 is 5.91 Å². The molecule has 2 heterocycles. The van der Waals surface area contributed by atoms with Crippen LogP contribution in [0.25, 0.3) is 0 Å². The lowest BCUT2D eigenvalue weighted by Gasteiger charge is -2.40. The first kappa shape index (κ1) is 17.9. The molecule has 1 aliphatic heterocycles. The summed E-state index contributed by atoms with van der Waals surface area (Å²) < 4.78 is 7.25. The number of amides is 1. The van der Waals surface area contributed by atoms with Crippen LogP contribution in [0.15, 0.2) is 12.4 Å². The first-order valence-corrected chi connectivity index (χ1v) is 8.27. The molecular formula is C16H29N5O2. The first-order chi connectivity index (χ1) is 11.0. The predicted molar refractivity (Wildman–Crippen MR) is 89.3 cm³/mol. The molecule has 23 heavy (non-hydrogen) atoms. The fourth-order valence-corrected chi connectivity index (χ4v) is 2.64. The number of carbonyl (C=O) groups excluding carboxylic acids is 1. The van der Waals surface area contributed by atoms with Gasteiger partial charge < -0.3 is 15.4 Å². The molecule has 1 amide bonds. The summed E-state index contributed by atoms with van der Waals surface area (Å²) in [6, 6.07) is 0. The lowest BCUT2D eigenvalue weighted by Crippen LogP contribution is -2.56. The van der Waals surface area contributed by atoms with Crippen LogP contribution in [0.4, 0.5) is 0 Å². The molecule has 0 radical (unpaired) electrons.